The van der Waals surface area contributed by atoms with E-state index in [1.165, 1.54) is 16.8 Å². The Hall–Kier alpha value is -1.88. The van der Waals surface area contributed by atoms with E-state index in [4.69, 9.17) is 9.47 Å². The molecule has 0 radical (unpaired) electrons. The van der Waals surface area contributed by atoms with Gasteiger partial charge < -0.3 is 14.4 Å². The first-order valence-corrected chi connectivity index (χ1v) is 9.09. The highest BCUT2D eigenvalue weighted by Gasteiger charge is 2.38. The zero-order valence-electron chi connectivity index (χ0n) is 15.0. The van der Waals surface area contributed by atoms with Gasteiger partial charge in [0, 0.05) is 24.8 Å². The first-order chi connectivity index (χ1) is 12.2. The summed E-state index contributed by atoms with van der Waals surface area (Å²) in [5.74, 6) is 0. The lowest BCUT2D eigenvalue weighted by Gasteiger charge is -2.29. The molecule has 4 heteroatoms. The summed E-state index contributed by atoms with van der Waals surface area (Å²) in [6, 6.07) is 19.7. The molecule has 0 unspecified atom stereocenters. The zero-order chi connectivity index (χ0) is 17.2. The fourth-order valence-corrected chi connectivity index (χ4v) is 3.76. The second-order valence-electron chi connectivity index (χ2n) is 6.92. The molecule has 25 heavy (non-hydrogen) atoms. The average Bonchev–Trinajstić information content (AvgIpc) is 2.98. The number of benzene rings is 2. The molecule has 0 spiro atoms. The van der Waals surface area contributed by atoms with Gasteiger partial charge in [0.05, 0.1) is 13.2 Å². The SMILES string of the molecule is C[C@@H]1[C@H](c2ccccc2)O[C@@H](c2ccc(N3CCOCC3)cc2)N1C. The Labute approximate surface area is 150 Å². The molecule has 0 bridgehead atoms. The summed E-state index contributed by atoms with van der Waals surface area (Å²) in [6.07, 6.45) is 0.106. The Morgan fingerprint density at radius 3 is 2.24 bits per heavy atom. The third-order valence-electron chi connectivity index (χ3n) is 5.41. The van der Waals surface area contributed by atoms with Gasteiger partial charge in [0.2, 0.25) is 0 Å². The maximum Gasteiger partial charge on any atom is 0.137 e. The standard InChI is InChI=1S/C21H26N2O2/c1-16-20(17-6-4-3-5-7-17)25-21(22(16)2)18-8-10-19(11-9-18)23-12-14-24-15-13-23/h3-11,16,20-21H,12-15H2,1-2H3/t16-,20-,21+/m1/s1. The quantitative estimate of drug-likeness (QED) is 0.853. The van der Waals surface area contributed by atoms with Gasteiger partial charge in [-0.1, -0.05) is 42.5 Å². The van der Waals surface area contributed by atoms with Crippen molar-refractivity contribution in [1.29, 1.82) is 0 Å². The number of morpholine rings is 1. The van der Waals surface area contributed by atoms with Crippen molar-refractivity contribution in [2.75, 3.05) is 38.3 Å². The molecular formula is C21H26N2O2. The van der Waals surface area contributed by atoms with E-state index in [-0.39, 0.29) is 12.3 Å². The van der Waals surface area contributed by atoms with Gasteiger partial charge in [-0.3, -0.25) is 4.90 Å². The smallest absolute Gasteiger partial charge is 0.137 e. The predicted molar refractivity (Wildman–Crippen MR) is 99.7 cm³/mol. The lowest BCUT2D eigenvalue weighted by Crippen LogP contribution is -2.36. The van der Waals surface area contributed by atoms with E-state index < -0.39 is 0 Å². The van der Waals surface area contributed by atoms with E-state index in [0.29, 0.717) is 6.04 Å². The van der Waals surface area contributed by atoms with Gasteiger partial charge >= 0.3 is 0 Å². The van der Waals surface area contributed by atoms with Crippen molar-refractivity contribution in [3.05, 3.63) is 65.7 Å². The minimum atomic E-state index is -0.000977. The monoisotopic (exact) mass is 338 g/mol. The molecule has 4 rings (SSSR count). The van der Waals surface area contributed by atoms with Crippen molar-refractivity contribution in [2.45, 2.75) is 25.3 Å². The summed E-state index contributed by atoms with van der Waals surface area (Å²) < 4.78 is 11.9. The molecule has 2 heterocycles. The van der Waals surface area contributed by atoms with Gasteiger partial charge in [0.25, 0.3) is 0 Å². The van der Waals surface area contributed by atoms with Crippen LogP contribution < -0.4 is 4.90 Å². The fourth-order valence-electron chi connectivity index (χ4n) is 3.76. The number of anilines is 1. The largest absolute Gasteiger partial charge is 0.378 e. The zero-order valence-corrected chi connectivity index (χ0v) is 15.0. The highest BCUT2D eigenvalue weighted by atomic mass is 16.5. The van der Waals surface area contributed by atoms with Crippen LogP contribution in [-0.2, 0) is 9.47 Å². The Balaban J connectivity index is 1.51. The van der Waals surface area contributed by atoms with Crippen molar-refractivity contribution in [3.63, 3.8) is 0 Å². The number of likely N-dealkylation sites (N-methyl/N-ethyl adjacent to an activating group) is 1. The van der Waals surface area contributed by atoms with Crippen molar-refractivity contribution in [2.24, 2.45) is 0 Å². The minimum absolute atomic E-state index is 0.000977. The molecule has 0 N–H and O–H groups in total. The van der Waals surface area contributed by atoms with Crippen LogP contribution in [0.15, 0.2) is 54.6 Å². The number of hydrogen-bond donors (Lipinski definition) is 0. The lowest BCUT2D eigenvalue weighted by atomic mass is 10.0. The van der Waals surface area contributed by atoms with Gasteiger partial charge in [-0.25, -0.2) is 0 Å². The van der Waals surface area contributed by atoms with E-state index in [9.17, 15) is 0 Å². The molecule has 2 aliphatic rings. The van der Waals surface area contributed by atoms with Crippen LogP contribution in [0.4, 0.5) is 5.69 Å². The van der Waals surface area contributed by atoms with E-state index >= 15 is 0 Å². The molecule has 2 saturated heterocycles. The van der Waals surface area contributed by atoms with Gasteiger partial charge in [-0.15, -0.1) is 0 Å². The molecule has 2 fully saturated rings. The number of rotatable bonds is 3. The molecule has 0 aromatic heterocycles. The number of ether oxygens (including phenoxy) is 2. The van der Waals surface area contributed by atoms with E-state index in [1.807, 2.05) is 0 Å². The average molecular weight is 338 g/mol. The molecule has 2 aliphatic heterocycles. The second-order valence-corrected chi connectivity index (χ2v) is 6.92. The van der Waals surface area contributed by atoms with E-state index in [0.717, 1.165) is 26.3 Å². The summed E-state index contributed by atoms with van der Waals surface area (Å²) in [4.78, 5) is 4.70. The van der Waals surface area contributed by atoms with Gasteiger partial charge in [0.1, 0.15) is 12.3 Å². The summed E-state index contributed by atoms with van der Waals surface area (Å²) >= 11 is 0. The number of nitrogens with zero attached hydrogens (tertiary/aromatic N) is 2. The Kier molecular flexibility index (Phi) is 4.75. The highest BCUT2D eigenvalue weighted by molar-refractivity contribution is 5.48. The van der Waals surface area contributed by atoms with Crippen molar-refractivity contribution < 1.29 is 9.47 Å². The van der Waals surface area contributed by atoms with Crippen molar-refractivity contribution in [1.82, 2.24) is 4.90 Å². The molecule has 0 amide bonds. The van der Waals surface area contributed by atoms with Gasteiger partial charge in [-0.05, 0) is 37.2 Å². The predicted octanol–water partition coefficient (Wildman–Crippen LogP) is 3.61. The Bertz CT molecular complexity index is 683. The first-order valence-electron chi connectivity index (χ1n) is 9.09. The molecule has 3 atom stereocenters. The van der Waals surface area contributed by atoms with Crippen molar-refractivity contribution >= 4 is 5.69 Å². The van der Waals surface area contributed by atoms with Crippen LogP contribution >= 0.6 is 0 Å². The summed E-state index contributed by atoms with van der Waals surface area (Å²) in [7, 11) is 2.15. The first kappa shape index (κ1) is 16.6. The van der Waals surface area contributed by atoms with Crippen LogP contribution in [0.25, 0.3) is 0 Å². The van der Waals surface area contributed by atoms with E-state index in [2.05, 4.69) is 78.4 Å². The summed E-state index contributed by atoms with van der Waals surface area (Å²) in [6.45, 7) is 5.79. The normalized spacial score (nSPS) is 27.6. The topological polar surface area (TPSA) is 24.9 Å². The molecule has 0 saturated carbocycles. The van der Waals surface area contributed by atoms with Crippen LogP contribution in [0.5, 0.6) is 0 Å². The van der Waals surface area contributed by atoms with Crippen molar-refractivity contribution in [3.8, 4) is 0 Å². The van der Waals surface area contributed by atoms with Gasteiger partial charge in [0.15, 0.2) is 0 Å². The highest BCUT2D eigenvalue weighted by Crippen LogP contribution is 2.41. The molecule has 4 nitrogen and oxygen atoms in total. The molecular weight excluding hydrogens is 312 g/mol. The summed E-state index contributed by atoms with van der Waals surface area (Å²) in [5.41, 5.74) is 3.72. The third-order valence-corrected chi connectivity index (χ3v) is 5.41. The summed E-state index contributed by atoms with van der Waals surface area (Å²) in [5, 5.41) is 0. The van der Waals surface area contributed by atoms with Crippen LogP contribution in [0.3, 0.4) is 0 Å². The minimum Gasteiger partial charge on any atom is -0.378 e. The number of hydrogen-bond acceptors (Lipinski definition) is 4. The van der Waals surface area contributed by atoms with Crippen LogP contribution in [0.1, 0.15) is 30.4 Å². The van der Waals surface area contributed by atoms with Crippen LogP contribution in [0.2, 0.25) is 0 Å². The van der Waals surface area contributed by atoms with Crippen LogP contribution in [-0.4, -0.2) is 44.3 Å². The van der Waals surface area contributed by atoms with Gasteiger partial charge in [-0.2, -0.15) is 0 Å². The fraction of sp³-hybridized carbons (Fsp3) is 0.429. The lowest BCUT2D eigenvalue weighted by molar-refractivity contribution is 0.00560. The molecule has 2 aromatic carbocycles. The Morgan fingerprint density at radius 2 is 1.56 bits per heavy atom. The second kappa shape index (κ2) is 7.16. The Morgan fingerprint density at radius 1 is 0.880 bits per heavy atom. The van der Waals surface area contributed by atoms with Crippen LogP contribution in [0, 0.1) is 0 Å². The molecule has 0 aliphatic carbocycles. The third kappa shape index (κ3) is 3.30. The maximum absolute atomic E-state index is 6.44. The molecule has 2 aromatic rings. The maximum atomic E-state index is 6.44. The van der Waals surface area contributed by atoms with E-state index in [1.54, 1.807) is 0 Å². The molecule has 132 valence electrons.